The van der Waals surface area contributed by atoms with E-state index in [9.17, 15) is 15.2 Å². The zero-order valence-electron chi connectivity index (χ0n) is 11.6. The van der Waals surface area contributed by atoms with Gasteiger partial charge in [0, 0.05) is 20.1 Å². The molecular weight excluding hydrogens is 262 g/mol. The number of hydrogen-bond acceptors (Lipinski definition) is 7. The van der Waals surface area contributed by atoms with Crippen LogP contribution in [0.15, 0.2) is 6.20 Å². The third-order valence-corrected chi connectivity index (χ3v) is 3.69. The molecule has 0 spiro atoms. The smallest absolute Gasteiger partial charge is 0.329 e. The minimum absolute atomic E-state index is 0.0838. The first-order valence-electron chi connectivity index (χ1n) is 6.65. The fraction of sp³-hybridized carbons (Fsp3) is 0.667. The topological polar surface area (TPSA) is 104 Å². The minimum atomic E-state index is -0.463. The lowest BCUT2D eigenvalue weighted by Gasteiger charge is -2.33. The van der Waals surface area contributed by atoms with Crippen molar-refractivity contribution < 1.29 is 10.0 Å². The Bertz CT molecular complexity index is 486. The van der Waals surface area contributed by atoms with Crippen LogP contribution in [0.3, 0.4) is 0 Å². The van der Waals surface area contributed by atoms with Gasteiger partial charge in [0.2, 0.25) is 11.8 Å². The fourth-order valence-electron chi connectivity index (χ4n) is 2.44. The highest BCUT2D eigenvalue weighted by Crippen LogP contribution is 2.30. The standard InChI is InChI=1S/C12H19N5O3/c1-8(18)9-3-5-16(6-4-9)11-10(17(19)20)7-14-12(13-2)15-11/h7-9,18H,3-6H2,1-2H3,(H,13,14,15). The summed E-state index contributed by atoms with van der Waals surface area (Å²) in [6.45, 7) is 3.08. The molecule has 0 bridgehead atoms. The molecule has 1 aromatic heterocycles. The summed E-state index contributed by atoms with van der Waals surface area (Å²) in [5.41, 5.74) is -0.0838. The van der Waals surface area contributed by atoms with Crippen molar-refractivity contribution in [2.24, 2.45) is 5.92 Å². The Morgan fingerprint density at radius 1 is 1.55 bits per heavy atom. The van der Waals surface area contributed by atoms with Crippen molar-refractivity contribution in [3.8, 4) is 0 Å². The second kappa shape index (κ2) is 6.00. The zero-order valence-corrected chi connectivity index (χ0v) is 11.6. The first-order chi connectivity index (χ1) is 9.52. The van der Waals surface area contributed by atoms with Gasteiger partial charge in [-0.25, -0.2) is 4.98 Å². The Morgan fingerprint density at radius 3 is 2.70 bits per heavy atom. The van der Waals surface area contributed by atoms with Crippen LogP contribution in [-0.4, -0.2) is 46.2 Å². The summed E-state index contributed by atoms with van der Waals surface area (Å²) in [4.78, 5) is 20.6. The summed E-state index contributed by atoms with van der Waals surface area (Å²) < 4.78 is 0. The van der Waals surface area contributed by atoms with Gasteiger partial charge in [-0.1, -0.05) is 0 Å². The zero-order chi connectivity index (χ0) is 14.7. The van der Waals surface area contributed by atoms with E-state index in [0.717, 1.165) is 12.8 Å². The fourth-order valence-corrected chi connectivity index (χ4v) is 2.44. The molecule has 2 heterocycles. The number of nitrogens with one attached hydrogen (secondary N) is 1. The van der Waals surface area contributed by atoms with Gasteiger partial charge in [0.25, 0.3) is 0 Å². The highest BCUT2D eigenvalue weighted by Gasteiger charge is 2.28. The van der Waals surface area contributed by atoms with Crippen molar-refractivity contribution in [3.63, 3.8) is 0 Å². The molecular formula is C12H19N5O3. The summed E-state index contributed by atoms with van der Waals surface area (Å²) in [5.74, 6) is 0.956. The van der Waals surface area contributed by atoms with Crippen molar-refractivity contribution in [1.29, 1.82) is 0 Å². The van der Waals surface area contributed by atoms with Crippen LogP contribution in [-0.2, 0) is 0 Å². The first kappa shape index (κ1) is 14.4. The van der Waals surface area contributed by atoms with Gasteiger partial charge >= 0.3 is 5.69 Å². The van der Waals surface area contributed by atoms with Gasteiger partial charge in [-0.2, -0.15) is 4.98 Å². The summed E-state index contributed by atoms with van der Waals surface area (Å²) in [6, 6.07) is 0. The van der Waals surface area contributed by atoms with Crippen LogP contribution in [0.25, 0.3) is 0 Å². The van der Waals surface area contributed by atoms with Gasteiger partial charge in [0.05, 0.1) is 11.0 Å². The van der Waals surface area contributed by atoms with Crippen LogP contribution < -0.4 is 10.2 Å². The Hall–Kier alpha value is -1.96. The molecule has 8 heteroatoms. The molecule has 1 aliphatic rings. The first-order valence-corrected chi connectivity index (χ1v) is 6.65. The van der Waals surface area contributed by atoms with E-state index >= 15 is 0 Å². The van der Waals surface area contributed by atoms with Crippen LogP contribution in [0, 0.1) is 16.0 Å². The van der Waals surface area contributed by atoms with Gasteiger partial charge < -0.3 is 15.3 Å². The number of piperidine rings is 1. The Labute approximate surface area is 117 Å². The SMILES string of the molecule is CNc1ncc([N+](=O)[O-])c(N2CCC(C(C)O)CC2)n1. The van der Waals surface area contributed by atoms with Gasteiger partial charge in [0.15, 0.2) is 0 Å². The number of hydrogen-bond donors (Lipinski definition) is 2. The number of nitrogens with zero attached hydrogens (tertiary/aromatic N) is 4. The molecule has 2 rings (SSSR count). The van der Waals surface area contributed by atoms with Crippen molar-refractivity contribution in [2.45, 2.75) is 25.9 Å². The molecule has 0 aliphatic carbocycles. The van der Waals surface area contributed by atoms with E-state index in [0.29, 0.717) is 24.9 Å². The predicted molar refractivity (Wildman–Crippen MR) is 74.9 cm³/mol. The molecule has 0 saturated carbocycles. The number of aliphatic hydroxyl groups is 1. The lowest BCUT2D eigenvalue weighted by Crippen LogP contribution is -2.37. The van der Waals surface area contributed by atoms with E-state index in [-0.39, 0.29) is 17.7 Å². The Morgan fingerprint density at radius 2 is 2.20 bits per heavy atom. The van der Waals surface area contributed by atoms with Crippen LogP contribution in [0.4, 0.5) is 17.5 Å². The van der Waals surface area contributed by atoms with Crippen LogP contribution in [0.5, 0.6) is 0 Å². The van der Waals surface area contributed by atoms with E-state index in [1.54, 1.807) is 14.0 Å². The quantitative estimate of drug-likeness (QED) is 0.627. The minimum Gasteiger partial charge on any atom is -0.393 e. The largest absolute Gasteiger partial charge is 0.393 e. The second-order valence-electron chi connectivity index (χ2n) is 4.97. The number of aromatic nitrogens is 2. The summed E-state index contributed by atoms with van der Waals surface area (Å²) in [6.07, 6.45) is 2.49. The van der Waals surface area contributed by atoms with Gasteiger partial charge in [-0.15, -0.1) is 0 Å². The highest BCUT2D eigenvalue weighted by molar-refractivity contribution is 5.59. The van der Waals surface area contributed by atoms with Crippen molar-refractivity contribution in [1.82, 2.24) is 9.97 Å². The maximum Gasteiger partial charge on any atom is 0.329 e. The average Bonchev–Trinajstić information content (AvgIpc) is 2.46. The van der Waals surface area contributed by atoms with Crippen LogP contribution in [0.2, 0.25) is 0 Å². The van der Waals surface area contributed by atoms with Gasteiger partial charge in [0.1, 0.15) is 6.20 Å². The molecule has 8 nitrogen and oxygen atoms in total. The lowest BCUT2D eigenvalue weighted by molar-refractivity contribution is -0.384. The number of aliphatic hydroxyl groups excluding tert-OH is 1. The summed E-state index contributed by atoms with van der Waals surface area (Å²) in [5, 5.41) is 23.5. The van der Waals surface area contributed by atoms with Gasteiger partial charge in [-0.3, -0.25) is 10.1 Å². The number of rotatable bonds is 4. The monoisotopic (exact) mass is 281 g/mol. The van der Waals surface area contributed by atoms with E-state index in [1.165, 1.54) is 6.20 Å². The second-order valence-corrected chi connectivity index (χ2v) is 4.97. The molecule has 1 aliphatic heterocycles. The van der Waals surface area contributed by atoms with Crippen molar-refractivity contribution >= 4 is 17.5 Å². The maximum absolute atomic E-state index is 11.1. The molecule has 1 atom stereocenters. The molecule has 1 fully saturated rings. The average molecular weight is 281 g/mol. The van der Waals surface area contributed by atoms with E-state index in [2.05, 4.69) is 15.3 Å². The number of nitro groups is 1. The predicted octanol–water partition coefficient (Wildman–Crippen LogP) is 1.02. The lowest BCUT2D eigenvalue weighted by atomic mass is 9.92. The molecule has 0 amide bonds. The third-order valence-electron chi connectivity index (χ3n) is 3.69. The van der Waals surface area contributed by atoms with E-state index < -0.39 is 4.92 Å². The summed E-state index contributed by atoms with van der Waals surface area (Å²) in [7, 11) is 1.67. The maximum atomic E-state index is 11.1. The molecule has 1 unspecified atom stereocenters. The third kappa shape index (κ3) is 2.96. The van der Waals surface area contributed by atoms with Crippen molar-refractivity contribution in [3.05, 3.63) is 16.3 Å². The molecule has 2 N–H and O–H groups in total. The van der Waals surface area contributed by atoms with Crippen LogP contribution in [0.1, 0.15) is 19.8 Å². The molecule has 1 aromatic rings. The van der Waals surface area contributed by atoms with E-state index in [1.807, 2.05) is 4.90 Å². The molecule has 0 aromatic carbocycles. The van der Waals surface area contributed by atoms with Gasteiger partial charge in [-0.05, 0) is 25.7 Å². The Kier molecular flexibility index (Phi) is 4.33. The Balaban J connectivity index is 2.21. The summed E-state index contributed by atoms with van der Waals surface area (Å²) >= 11 is 0. The molecule has 1 saturated heterocycles. The molecule has 110 valence electrons. The normalized spacial score (nSPS) is 17.9. The van der Waals surface area contributed by atoms with Crippen molar-refractivity contribution in [2.75, 3.05) is 30.4 Å². The molecule has 0 radical (unpaired) electrons. The highest BCUT2D eigenvalue weighted by atomic mass is 16.6. The molecule has 20 heavy (non-hydrogen) atoms. The van der Waals surface area contributed by atoms with E-state index in [4.69, 9.17) is 0 Å². The number of anilines is 2. The van der Waals surface area contributed by atoms with Crippen LogP contribution >= 0.6 is 0 Å².